The van der Waals surface area contributed by atoms with Gasteiger partial charge >= 0.3 is 0 Å². The van der Waals surface area contributed by atoms with Gasteiger partial charge in [0, 0.05) is 19.0 Å². The largest absolute Gasteiger partial charge is 0.394 e. The van der Waals surface area contributed by atoms with Crippen LogP contribution >= 0.6 is 0 Å². The van der Waals surface area contributed by atoms with Crippen molar-refractivity contribution in [3.63, 3.8) is 0 Å². The molecular weight excluding hydrogens is 272 g/mol. The van der Waals surface area contributed by atoms with Crippen molar-refractivity contribution in [3.05, 3.63) is 0 Å². The number of aliphatic hydroxyl groups is 1. The van der Waals surface area contributed by atoms with E-state index < -0.39 is 0 Å². The highest BCUT2D eigenvalue weighted by Gasteiger charge is 2.43. The predicted octanol–water partition coefficient (Wildman–Crippen LogP) is -0.00440. The van der Waals surface area contributed by atoms with Crippen LogP contribution in [-0.4, -0.2) is 71.2 Å². The van der Waals surface area contributed by atoms with Gasteiger partial charge in [-0.1, -0.05) is 0 Å². The van der Waals surface area contributed by atoms with Crippen LogP contribution in [0.1, 0.15) is 32.6 Å². The first-order chi connectivity index (χ1) is 10.1. The van der Waals surface area contributed by atoms with E-state index in [1.54, 1.807) is 9.80 Å². The lowest BCUT2D eigenvalue weighted by Crippen LogP contribution is -2.57. The molecule has 0 aromatic heterocycles. The molecule has 21 heavy (non-hydrogen) atoms. The third kappa shape index (κ3) is 2.92. The van der Waals surface area contributed by atoms with Crippen LogP contribution in [0.2, 0.25) is 0 Å². The van der Waals surface area contributed by atoms with E-state index in [1.165, 1.54) is 0 Å². The summed E-state index contributed by atoms with van der Waals surface area (Å²) in [4.78, 5) is 28.7. The molecule has 2 heterocycles. The first-order valence-corrected chi connectivity index (χ1v) is 7.95. The normalized spacial score (nSPS) is 33.3. The number of ether oxygens (including phenoxy) is 1. The van der Waals surface area contributed by atoms with Gasteiger partial charge in [0.1, 0.15) is 6.04 Å². The van der Waals surface area contributed by atoms with Gasteiger partial charge in [-0.15, -0.1) is 0 Å². The highest BCUT2D eigenvalue weighted by Crippen LogP contribution is 2.34. The lowest BCUT2D eigenvalue weighted by molar-refractivity contribution is -0.154. The van der Waals surface area contributed by atoms with Crippen molar-refractivity contribution in [2.45, 2.75) is 50.8 Å². The van der Waals surface area contributed by atoms with E-state index >= 15 is 0 Å². The second kappa shape index (κ2) is 5.93. The van der Waals surface area contributed by atoms with Crippen molar-refractivity contribution in [2.75, 3.05) is 26.3 Å². The number of rotatable bonds is 3. The Morgan fingerprint density at radius 2 is 1.95 bits per heavy atom. The van der Waals surface area contributed by atoms with Crippen LogP contribution in [0.25, 0.3) is 0 Å². The average Bonchev–Trinajstić information content (AvgIpc) is 3.23. The molecule has 2 amide bonds. The summed E-state index contributed by atoms with van der Waals surface area (Å²) in [6, 6.07) is -0.309. The third-order valence-corrected chi connectivity index (χ3v) is 4.74. The monoisotopic (exact) mass is 296 g/mol. The topological polar surface area (TPSA) is 70.1 Å². The van der Waals surface area contributed by atoms with Gasteiger partial charge in [0.2, 0.25) is 11.8 Å². The predicted molar refractivity (Wildman–Crippen MR) is 75.5 cm³/mol. The van der Waals surface area contributed by atoms with Gasteiger partial charge in [-0.25, -0.2) is 0 Å². The van der Waals surface area contributed by atoms with Crippen molar-refractivity contribution in [1.29, 1.82) is 0 Å². The van der Waals surface area contributed by atoms with Gasteiger partial charge < -0.3 is 19.6 Å². The summed E-state index contributed by atoms with van der Waals surface area (Å²) in [5, 5.41) is 9.24. The van der Waals surface area contributed by atoms with Gasteiger partial charge in [-0.3, -0.25) is 9.59 Å². The van der Waals surface area contributed by atoms with Gasteiger partial charge in [-0.05, 0) is 32.6 Å². The van der Waals surface area contributed by atoms with Crippen molar-refractivity contribution < 1.29 is 19.4 Å². The summed E-state index contributed by atoms with van der Waals surface area (Å²) in [6.07, 6.45) is 3.29. The Morgan fingerprint density at radius 3 is 2.62 bits per heavy atom. The summed E-state index contributed by atoms with van der Waals surface area (Å²) in [7, 11) is 0. The zero-order chi connectivity index (χ0) is 15.0. The molecule has 3 atom stereocenters. The summed E-state index contributed by atoms with van der Waals surface area (Å²) in [5.74, 6) is 0.340. The smallest absolute Gasteiger partial charge is 0.245 e. The Hall–Kier alpha value is -1.14. The second-order valence-corrected chi connectivity index (χ2v) is 6.44. The number of morpholine rings is 1. The summed E-state index contributed by atoms with van der Waals surface area (Å²) < 4.78 is 5.48. The Bertz CT molecular complexity index is 424. The number of hydrogen-bond donors (Lipinski definition) is 1. The summed E-state index contributed by atoms with van der Waals surface area (Å²) in [6.45, 7) is 3.44. The summed E-state index contributed by atoms with van der Waals surface area (Å²) in [5.41, 5.74) is 0. The van der Waals surface area contributed by atoms with Crippen molar-refractivity contribution in [2.24, 2.45) is 5.92 Å². The van der Waals surface area contributed by atoms with Crippen LogP contribution < -0.4 is 0 Å². The minimum atomic E-state index is -0.307. The standard InChI is InChI=1S/C15H24N2O4/c1-10-9-21-12(8-18)7-17(10)15(20)13-3-2-6-16(13)14(19)11-4-5-11/h10-13,18H,2-9H2,1H3. The maximum absolute atomic E-state index is 12.8. The number of hydrogen-bond acceptors (Lipinski definition) is 4. The fourth-order valence-electron chi connectivity index (χ4n) is 3.28. The highest BCUT2D eigenvalue weighted by molar-refractivity contribution is 5.90. The molecule has 6 nitrogen and oxygen atoms in total. The van der Waals surface area contributed by atoms with Crippen molar-refractivity contribution in [1.82, 2.24) is 9.80 Å². The summed E-state index contributed by atoms with van der Waals surface area (Å²) >= 11 is 0. The lowest BCUT2D eigenvalue weighted by atomic mass is 10.1. The van der Waals surface area contributed by atoms with E-state index in [0.29, 0.717) is 19.7 Å². The molecule has 3 unspecified atom stereocenters. The molecule has 2 aliphatic heterocycles. The molecule has 1 aliphatic carbocycles. The van der Waals surface area contributed by atoms with Crippen LogP contribution in [0.5, 0.6) is 0 Å². The van der Waals surface area contributed by atoms with Gasteiger partial charge in [0.05, 0.1) is 25.4 Å². The fraction of sp³-hybridized carbons (Fsp3) is 0.867. The zero-order valence-electron chi connectivity index (χ0n) is 12.5. The first kappa shape index (κ1) is 14.8. The van der Waals surface area contributed by atoms with Crippen LogP contribution in [0.4, 0.5) is 0 Å². The number of amides is 2. The van der Waals surface area contributed by atoms with E-state index in [0.717, 1.165) is 25.7 Å². The number of carbonyl (C=O) groups excluding carboxylic acids is 2. The van der Waals surface area contributed by atoms with E-state index in [2.05, 4.69) is 0 Å². The molecule has 3 rings (SSSR count). The van der Waals surface area contributed by atoms with Crippen LogP contribution in [0, 0.1) is 5.92 Å². The molecule has 0 radical (unpaired) electrons. The van der Waals surface area contributed by atoms with Crippen molar-refractivity contribution >= 4 is 11.8 Å². The van der Waals surface area contributed by atoms with E-state index in [4.69, 9.17) is 4.74 Å². The Labute approximate surface area is 125 Å². The Morgan fingerprint density at radius 1 is 1.19 bits per heavy atom. The highest BCUT2D eigenvalue weighted by atomic mass is 16.5. The molecular formula is C15H24N2O4. The molecule has 1 saturated carbocycles. The zero-order valence-corrected chi connectivity index (χ0v) is 12.5. The molecule has 3 aliphatic rings. The van der Waals surface area contributed by atoms with Gasteiger partial charge in [0.15, 0.2) is 0 Å². The molecule has 0 aromatic carbocycles. The van der Waals surface area contributed by atoms with Gasteiger partial charge in [-0.2, -0.15) is 0 Å². The van der Waals surface area contributed by atoms with E-state index in [9.17, 15) is 14.7 Å². The van der Waals surface area contributed by atoms with Crippen LogP contribution in [0.15, 0.2) is 0 Å². The lowest BCUT2D eigenvalue weighted by Gasteiger charge is -2.40. The number of nitrogens with zero attached hydrogens (tertiary/aromatic N) is 2. The van der Waals surface area contributed by atoms with E-state index in [1.807, 2.05) is 6.92 Å². The minimum Gasteiger partial charge on any atom is -0.394 e. The average molecular weight is 296 g/mol. The van der Waals surface area contributed by atoms with Crippen LogP contribution in [-0.2, 0) is 14.3 Å². The Balaban J connectivity index is 1.69. The quantitative estimate of drug-likeness (QED) is 0.795. The maximum Gasteiger partial charge on any atom is 0.245 e. The third-order valence-electron chi connectivity index (χ3n) is 4.74. The Kier molecular flexibility index (Phi) is 4.17. The maximum atomic E-state index is 12.8. The molecule has 0 bridgehead atoms. The van der Waals surface area contributed by atoms with Gasteiger partial charge in [0.25, 0.3) is 0 Å². The number of carbonyl (C=O) groups is 2. The molecule has 118 valence electrons. The fourth-order valence-corrected chi connectivity index (χ4v) is 3.28. The molecule has 6 heteroatoms. The first-order valence-electron chi connectivity index (χ1n) is 7.95. The molecule has 0 spiro atoms. The number of likely N-dealkylation sites (tertiary alicyclic amines) is 1. The molecule has 0 aromatic rings. The van der Waals surface area contributed by atoms with Crippen molar-refractivity contribution in [3.8, 4) is 0 Å². The minimum absolute atomic E-state index is 0.00113. The molecule has 3 fully saturated rings. The van der Waals surface area contributed by atoms with Crippen LogP contribution in [0.3, 0.4) is 0 Å². The number of aliphatic hydroxyl groups excluding tert-OH is 1. The molecule has 2 saturated heterocycles. The van der Waals surface area contributed by atoms with E-state index in [-0.39, 0.29) is 42.5 Å². The molecule has 1 N–H and O–H groups in total. The SMILES string of the molecule is CC1COC(CO)CN1C(=O)C1CCCN1C(=O)C1CC1. The second-order valence-electron chi connectivity index (χ2n) is 6.44.